The van der Waals surface area contributed by atoms with Gasteiger partial charge in [0.25, 0.3) is 0 Å². The Bertz CT molecular complexity index is 967. The smallest absolute Gasteiger partial charge is 0.237 e. The molecular formula is C24H34FN3OS. The molecule has 0 N–H and O–H groups in total. The third-order valence-corrected chi connectivity index (χ3v) is 6.32. The van der Waals surface area contributed by atoms with Gasteiger partial charge in [0, 0.05) is 34.1 Å². The maximum absolute atomic E-state index is 13.5. The second-order valence-corrected chi connectivity index (χ2v) is 10.5. The van der Waals surface area contributed by atoms with E-state index in [-0.39, 0.29) is 11.7 Å². The molecule has 2 aromatic rings. The summed E-state index contributed by atoms with van der Waals surface area (Å²) in [6, 6.07) is 6.30. The molecule has 0 fully saturated rings. The monoisotopic (exact) mass is 431 g/mol. The topological polar surface area (TPSA) is 46.1 Å². The van der Waals surface area contributed by atoms with Gasteiger partial charge in [-0.25, -0.2) is 18.6 Å². The van der Waals surface area contributed by atoms with E-state index in [1.807, 2.05) is 0 Å². The lowest BCUT2D eigenvalue weighted by Crippen LogP contribution is -2.27. The van der Waals surface area contributed by atoms with Gasteiger partial charge in [-0.15, -0.1) is 0 Å². The Labute approximate surface area is 181 Å². The molecule has 1 atom stereocenters. The van der Waals surface area contributed by atoms with E-state index in [9.17, 15) is 8.60 Å². The maximum Gasteiger partial charge on any atom is 0.237 e. The second-order valence-electron chi connectivity index (χ2n) is 8.04. The molecule has 1 aromatic carbocycles. The molecule has 4 nitrogen and oxygen atoms in total. The quantitative estimate of drug-likeness (QED) is 0.338. The number of benzene rings is 1. The Morgan fingerprint density at radius 1 is 1.17 bits per heavy atom. The van der Waals surface area contributed by atoms with Crippen molar-refractivity contribution in [3.05, 3.63) is 47.4 Å². The lowest BCUT2D eigenvalue weighted by Gasteiger charge is -2.22. The highest BCUT2D eigenvalue weighted by Crippen LogP contribution is 2.31. The Morgan fingerprint density at radius 2 is 1.83 bits per heavy atom. The normalized spacial score (nSPS) is 13.7. The van der Waals surface area contributed by atoms with Gasteiger partial charge in [0.15, 0.2) is 0 Å². The van der Waals surface area contributed by atoms with Crippen LogP contribution in [0.25, 0.3) is 17.3 Å². The number of hydrogen-bond acceptors (Lipinski definition) is 3. The fourth-order valence-electron chi connectivity index (χ4n) is 3.11. The molecule has 0 aliphatic carbocycles. The third kappa shape index (κ3) is 6.39. The number of halogens is 1. The van der Waals surface area contributed by atoms with E-state index in [1.165, 1.54) is 35.7 Å². The van der Waals surface area contributed by atoms with Gasteiger partial charge in [0.1, 0.15) is 5.82 Å². The Hall–Kier alpha value is -2.21. The van der Waals surface area contributed by atoms with E-state index < -0.39 is 9.71 Å². The fourth-order valence-corrected chi connectivity index (χ4v) is 3.54. The first kappa shape index (κ1) is 24.1. The molecule has 0 saturated carbocycles. The summed E-state index contributed by atoms with van der Waals surface area (Å²) in [5.41, 5.74) is 3.31. The molecule has 1 aromatic heterocycles. The summed E-state index contributed by atoms with van der Waals surface area (Å²) in [6.45, 7) is 6.36. The van der Waals surface area contributed by atoms with Crippen molar-refractivity contribution in [1.82, 2.24) is 9.97 Å². The van der Waals surface area contributed by atoms with E-state index in [4.69, 9.17) is 9.97 Å². The first-order valence-electron chi connectivity index (χ1n) is 10.6. The van der Waals surface area contributed by atoms with Crippen molar-refractivity contribution in [3.8, 4) is 11.3 Å². The first-order chi connectivity index (χ1) is 14.1. The minimum absolute atomic E-state index is 0.136. The first-order valence-corrected chi connectivity index (χ1v) is 12.6. The van der Waals surface area contributed by atoms with Crippen LogP contribution in [0.15, 0.2) is 30.3 Å². The summed E-state index contributed by atoms with van der Waals surface area (Å²) in [5.74, 6) is 3.96. The molecule has 1 heterocycles. The lowest BCUT2D eigenvalue weighted by atomic mass is 9.97. The number of nitrogens with zero attached hydrogens (tertiary/aromatic N) is 3. The number of allylic oxidation sites excluding steroid dienone is 1. The van der Waals surface area contributed by atoms with Gasteiger partial charge in [-0.05, 0) is 48.9 Å². The van der Waals surface area contributed by atoms with Crippen LogP contribution in [0.3, 0.4) is 0 Å². The van der Waals surface area contributed by atoms with Crippen molar-refractivity contribution in [2.75, 3.05) is 17.6 Å². The lowest BCUT2D eigenvalue weighted by molar-refractivity contribution is 0.628. The summed E-state index contributed by atoms with van der Waals surface area (Å²) in [7, 11) is -0.829. The molecule has 2 rings (SSSR count). The standard InChI is InChI=1S/C24H34FN3OS/c1-7-8-9-10-11-12-13-21-22(18(2)3)26-24(28(4)30(5,6)29)27-23(21)19-14-16-20(25)17-15-19/h12-18H,5,7-11H2,1-4,6H3/b13-12+. The molecule has 6 heteroatoms. The number of rotatable bonds is 10. The summed E-state index contributed by atoms with van der Waals surface area (Å²) in [4.78, 5) is 9.47. The van der Waals surface area contributed by atoms with Gasteiger partial charge in [0.2, 0.25) is 5.95 Å². The van der Waals surface area contributed by atoms with E-state index >= 15 is 0 Å². The number of aromatic nitrogens is 2. The largest absolute Gasteiger partial charge is 0.271 e. The Balaban J connectivity index is 2.58. The predicted molar refractivity (Wildman–Crippen MR) is 129 cm³/mol. The van der Waals surface area contributed by atoms with Crippen LogP contribution in [0.2, 0.25) is 0 Å². The highest BCUT2D eigenvalue weighted by Gasteiger charge is 2.20. The molecule has 0 bridgehead atoms. The van der Waals surface area contributed by atoms with Crippen molar-refractivity contribution < 1.29 is 8.60 Å². The molecular weight excluding hydrogens is 397 g/mol. The molecule has 0 amide bonds. The van der Waals surface area contributed by atoms with Gasteiger partial charge in [-0.3, -0.25) is 4.31 Å². The van der Waals surface area contributed by atoms with Crippen LogP contribution in [0.5, 0.6) is 0 Å². The van der Waals surface area contributed by atoms with E-state index in [2.05, 4.69) is 38.8 Å². The van der Waals surface area contributed by atoms with Crippen LogP contribution < -0.4 is 4.31 Å². The highest BCUT2D eigenvalue weighted by molar-refractivity contribution is 8.00. The van der Waals surface area contributed by atoms with E-state index in [1.54, 1.807) is 25.4 Å². The Morgan fingerprint density at radius 3 is 2.40 bits per heavy atom. The van der Waals surface area contributed by atoms with Crippen LogP contribution in [0.1, 0.15) is 70.1 Å². The zero-order valence-corrected chi connectivity index (χ0v) is 19.6. The van der Waals surface area contributed by atoms with Gasteiger partial charge in [0.05, 0.1) is 11.4 Å². The average Bonchev–Trinajstić information content (AvgIpc) is 2.69. The van der Waals surface area contributed by atoms with Crippen molar-refractivity contribution in [2.45, 2.75) is 58.8 Å². The van der Waals surface area contributed by atoms with Crippen LogP contribution in [0.4, 0.5) is 10.3 Å². The van der Waals surface area contributed by atoms with Crippen molar-refractivity contribution in [2.24, 2.45) is 0 Å². The molecule has 30 heavy (non-hydrogen) atoms. The van der Waals surface area contributed by atoms with Crippen LogP contribution in [-0.2, 0) is 9.71 Å². The molecule has 164 valence electrons. The maximum atomic E-state index is 13.5. The van der Waals surface area contributed by atoms with Crippen LogP contribution in [0, 0.1) is 5.82 Å². The average molecular weight is 432 g/mol. The van der Waals surface area contributed by atoms with Crippen LogP contribution >= 0.6 is 0 Å². The SMILES string of the molecule is C=S(C)(=O)N(C)c1nc(-c2ccc(F)cc2)c(/C=C/CCCCCC)c(C(C)C)n1. The number of anilines is 1. The molecule has 1 unspecified atom stereocenters. The van der Waals surface area contributed by atoms with Crippen molar-refractivity contribution >= 4 is 27.6 Å². The van der Waals surface area contributed by atoms with Crippen LogP contribution in [-0.4, -0.2) is 33.4 Å². The zero-order chi connectivity index (χ0) is 22.3. The van der Waals surface area contributed by atoms with Gasteiger partial charge in [-0.2, -0.15) is 0 Å². The van der Waals surface area contributed by atoms with Gasteiger partial charge >= 0.3 is 0 Å². The predicted octanol–water partition coefficient (Wildman–Crippen LogP) is 6.09. The minimum atomic E-state index is -2.52. The fraction of sp³-hybridized carbons (Fsp3) is 0.458. The Kier molecular flexibility index (Phi) is 8.59. The van der Waals surface area contributed by atoms with Crippen molar-refractivity contribution in [3.63, 3.8) is 0 Å². The molecule has 0 aliphatic rings. The van der Waals surface area contributed by atoms with Gasteiger partial charge < -0.3 is 0 Å². The summed E-state index contributed by atoms with van der Waals surface area (Å²) < 4.78 is 27.6. The summed E-state index contributed by atoms with van der Waals surface area (Å²) in [6.07, 6.45) is 11.6. The highest BCUT2D eigenvalue weighted by atomic mass is 32.2. The van der Waals surface area contributed by atoms with Crippen molar-refractivity contribution in [1.29, 1.82) is 0 Å². The molecule has 0 saturated heterocycles. The minimum Gasteiger partial charge on any atom is -0.271 e. The number of hydrogen-bond donors (Lipinski definition) is 0. The number of unbranched alkanes of at least 4 members (excludes halogenated alkanes) is 4. The molecule has 0 radical (unpaired) electrons. The third-order valence-electron chi connectivity index (χ3n) is 5.00. The summed E-state index contributed by atoms with van der Waals surface area (Å²) in [5, 5.41) is 0. The van der Waals surface area contributed by atoms with Gasteiger partial charge in [-0.1, -0.05) is 52.2 Å². The molecule has 0 aliphatic heterocycles. The second kappa shape index (κ2) is 10.7. The summed E-state index contributed by atoms with van der Waals surface area (Å²) >= 11 is 0. The van der Waals surface area contributed by atoms with E-state index in [0.717, 1.165) is 29.7 Å². The van der Waals surface area contributed by atoms with E-state index in [0.29, 0.717) is 11.6 Å². The zero-order valence-electron chi connectivity index (χ0n) is 18.8. The molecule has 0 spiro atoms.